The topological polar surface area (TPSA) is 90.7 Å². The summed E-state index contributed by atoms with van der Waals surface area (Å²) in [5.74, 6) is -2.51. The van der Waals surface area contributed by atoms with Gasteiger partial charge in [-0.1, -0.05) is 35.9 Å². The van der Waals surface area contributed by atoms with Gasteiger partial charge in [-0.05, 0) is 55.5 Å². The maximum atomic E-state index is 9.55. The molecule has 0 spiro atoms. The smallest absolute Gasteiger partial charge is 0.328 e. The van der Waals surface area contributed by atoms with Crippen molar-refractivity contribution in [3.05, 3.63) is 82.7 Å². The largest absolute Gasteiger partial charge is 0.478 e. The first-order valence-corrected chi connectivity index (χ1v) is 10.0. The number of piperidine rings is 1. The molecule has 0 atom stereocenters. The fraction of sp³-hybridized carbons (Fsp3) is 0.292. The number of carbonyl (C=O) groups is 2. The van der Waals surface area contributed by atoms with Gasteiger partial charge in [0.05, 0.1) is 5.69 Å². The number of benzene rings is 1. The van der Waals surface area contributed by atoms with Crippen LogP contribution in [0.5, 0.6) is 0 Å². The highest BCUT2D eigenvalue weighted by atomic mass is 16.4. The van der Waals surface area contributed by atoms with Gasteiger partial charge < -0.3 is 15.1 Å². The Morgan fingerprint density at radius 2 is 1.50 bits per heavy atom. The summed E-state index contributed by atoms with van der Waals surface area (Å²) in [5.41, 5.74) is 8.54. The molecule has 0 bridgehead atoms. The third kappa shape index (κ3) is 5.42. The van der Waals surface area contributed by atoms with Gasteiger partial charge in [0.15, 0.2) is 0 Å². The highest BCUT2D eigenvalue weighted by Gasteiger charge is 2.23. The number of likely N-dealkylation sites (tertiary alicyclic amines) is 1. The number of hydrogen-bond acceptors (Lipinski definition) is 4. The maximum Gasteiger partial charge on any atom is 0.328 e. The summed E-state index contributed by atoms with van der Waals surface area (Å²) in [7, 11) is 2.22. The summed E-state index contributed by atoms with van der Waals surface area (Å²) in [6.07, 6.45) is 7.60. The van der Waals surface area contributed by atoms with E-state index in [0.717, 1.165) is 38.8 Å². The van der Waals surface area contributed by atoms with Gasteiger partial charge in [-0.2, -0.15) is 0 Å². The number of nitrogens with zero attached hydrogens (tertiary/aromatic N) is 2. The summed E-state index contributed by atoms with van der Waals surface area (Å²) in [4.78, 5) is 26.3. The normalized spacial score (nSPS) is 16.2. The minimum atomic E-state index is -1.26. The number of hydrogen-bond donors (Lipinski definition) is 2. The van der Waals surface area contributed by atoms with Crippen molar-refractivity contribution in [2.24, 2.45) is 0 Å². The van der Waals surface area contributed by atoms with E-state index in [9.17, 15) is 9.59 Å². The van der Waals surface area contributed by atoms with Crippen LogP contribution in [0.1, 0.15) is 35.2 Å². The molecular formula is C24H26N2O4. The Balaban J connectivity index is 0.000000275. The molecule has 2 aliphatic rings. The van der Waals surface area contributed by atoms with Crippen molar-refractivity contribution in [2.75, 3.05) is 20.1 Å². The number of aryl methyl sites for hydroxylation is 2. The lowest BCUT2D eigenvalue weighted by Gasteiger charge is -2.27. The molecule has 156 valence electrons. The third-order valence-electron chi connectivity index (χ3n) is 5.39. The van der Waals surface area contributed by atoms with E-state index in [0.29, 0.717) is 12.2 Å². The molecule has 6 nitrogen and oxygen atoms in total. The van der Waals surface area contributed by atoms with Crippen LogP contribution >= 0.6 is 0 Å². The minimum Gasteiger partial charge on any atom is -0.478 e. The van der Waals surface area contributed by atoms with Gasteiger partial charge in [-0.3, -0.25) is 4.98 Å². The summed E-state index contributed by atoms with van der Waals surface area (Å²) in [6.45, 7) is 2.31. The number of fused-ring (bicyclic) bond motifs is 2. The highest BCUT2D eigenvalue weighted by molar-refractivity contribution is 5.89. The van der Waals surface area contributed by atoms with Gasteiger partial charge in [0.25, 0.3) is 0 Å². The summed E-state index contributed by atoms with van der Waals surface area (Å²) >= 11 is 0. The SMILES string of the molecule is CN1CCC(=C2c3ccccc3CCc3cccnc32)CC1.O=C(O)/C=C/C(=O)O. The molecule has 1 fully saturated rings. The number of rotatable bonds is 2. The molecule has 2 N–H and O–H groups in total. The molecule has 1 aliphatic heterocycles. The van der Waals surface area contributed by atoms with Crippen LogP contribution in [-0.4, -0.2) is 52.2 Å². The van der Waals surface area contributed by atoms with Crippen LogP contribution in [-0.2, 0) is 22.4 Å². The first-order chi connectivity index (χ1) is 14.5. The summed E-state index contributed by atoms with van der Waals surface area (Å²) < 4.78 is 0. The van der Waals surface area contributed by atoms with Crippen molar-refractivity contribution in [3.63, 3.8) is 0 Å². The molecule has 2 aromatic rings. The molecule has 2 heterocycles. The van der Waals surface area contributed by atoms with E-state index in [1.165, 1.54) is 28.0 Å². The van der Waals surface area contributed by atoms with E-state index in [4.69, 9.17) is 15.2 Å². The van der Waals surface area contributed by atoms with Gasteiger partial charge in [0, 0.05) is 37.0 Å². The lowest BCUT2D eigenvalue weighted by atomic mass is 9.89. The molecule has 1 aromatic carbocycles. The predicted molar refractivity (Wildman–Crippen MR) is 115 cm³/mol. The first kappa shape index (κ1) is 21.5. The Morgan fingerprint density at radius 1 is 0.900 bits per heavy atom. The van der Waals surface area contributed by atoms with Gasteiger partial charge in [0.2, 0.25) is 0 Å². The summed E-state index contributed by atoms with van der Waals surface area (Å²) in [6, 6.07) is 13.2. The Kier molecular flexibility index (Phi) is 7.14. The molecule has 1 aromatic heterocycles. The van der Waals surface area contributed by atoms with E-state index in [1.54, 1.807) is 5.57 Å². The zero-order valence-corrected chi connectivity index (χ0v) is 17.0. The standard InChI is InChI=1S/C20H22N2.C4H4O4/c1-22-13-10-16(11-14-22)19-18-7-3-2-5-15(18)8-9-17-6-4-12-21-20(17)19;5-3(6)1-2-4(7)8/h2-7,12H,8-11,13-14H2,1H3;1-2H,(H,5,6)(H,7,8)/b;2-1+. The molecule has 1 aliphatic carbocycles. The minimum absolute atomic E-state index is 0.558. The van der Waals surface area contributed by atoms with Crippen LogP contribution in [0.4, 0.5) is 0 Å². The third-order valence-corrected chi connectivity index (χ3v) is 5.39. The van der Waals surface area contributed by atoms with Crippen LogP contribution in [0.2, 0.25) is 0 Å². The fourth-order valence-corrected chi connectivity index (χ4v) is 3.88. The molecule has 4 rings (SSSR count). The van der Waals surface area contributed by atoms with Crippen LogP contribution in [0.15, 0.2) is 60.3 Å². The summed E-state index contributed by atoms with van der Waals surface area (Å²) in [5, 5.41) is 15.6. The number of carboxylic acids is 2. The van der Waals surface area contributed by atoms with Crippen molar-refractivity contribution in [3.8, 4) is 0 Å². The van der Waals surface area contributed by atoms with Crippen molar-refractivity contribution >= 4 is 17.5 Å². The van der Waals surface area contributed by atoms with Crippen molar-refractivity contribution in [1.82, 2.24) is 9.88 Å². The average Bonchev–Trinajstić information content (AvgIpc) is 2.90. The fourth-order valence-electron chi connectivity index (χ4n) is 3.88. The number of carboxylic acid groups (broad SMARTS) is 2. The maximum absolute atomic E-state index is 9.55. The van der Waals surface area contributed by atoms with Gasteiger partial charge in [0.1, 0.15) is 0 Å². The monoisotopic (exact) mass is 406 g/mol. The quantitative estimate of drug-likeness (QED) is 0.743. The molecule has 1 saturated heterocycles. The second-order valence-corrected chi connectivity index (χ2v) is 7.46. The Labute approximate surface area is 176 Å². The van der Waals surface area contributed by atoms with Gasteiger partial charge in [-0.15, -0.1) is 0 Å². The molecule has 0 amide bonds. The molecule has 30 heavy (non-hydrogen) atoms. The lowest BCUT2D eigenvalue weighted by molar-refractivity contribution is -0.134. The number of aromatic nitrogens is 1. The van der Waals surface area contributed by atoms with Crippen LogP contribution < -0.4 is 0 Å². The Morgan fingerprint density at radius 3 is 2.17 bits per heavy atom. The van der Waals surface area contributed by atoms with Crippen LogP contribution in [0.25, 0.3) is 5.57 Å². The zero-order chi connectivity index (χ0) is 21.5. The number of aliphatic carboxylic acids is 2. The molecule has 0 saturated carbocycles. The molecule has 0 unspecified atom stereocenters. The van der Waals surface area contributed by atoms with Gasteiger partial charge >= 0.3 is 11.9 Å². The van der Waals surface area contributed by atoms with Crippen molar-refractivity contribution < 1.29 is 19.8 Å². The number of pyridine rings is 1. The van der Waals surface area contributed by atoms with E-state index < -0.39 is 11.9 Å². The first-order valence-electron chi connectivity index (χ1n) is 10.0. The second-order valence-electron chi connectivity index (χ2n) is 7.46. The van der Waals surface area contributed by atoms with E-state index in [2.05, 4.69) is 48.3 Å². The van der Waals surface area contributed by atoms with Crippen LogP contribution in [0.3, 0.4) is 0 Å². The van der Waals surface area contributed by atoms with Crippen molar-refractivity contribution in [2.45, 2.75) is 25.7 Å². The Bertz CT molecular complexity index is 919. The lowest BCUT2D eigenvalue weighted by Crippen LogP contribution is -2.27. The van der Waals surface area contributed by atoms with E-state index in [1.807, 2.05) is 6.20 Å². The average molecular weight is 406 g/mol. The van der Waals surface area contributed by atoms with E-state index >= 15 is 0 Å². The van der Waals surface area contributed by atoms with Gasteiger partial charge in [-0.25, -0.2) is 9.59 Å². The Hall–Kier alpha value is -3.25. The predicted octanol–water partition coefficient (Wildman–Crippen LogP) is 3.42. The van der Waals surface area contributed by atoms with E-state index in [-0.39, 0.29) is 0 Å². The van der Waals surface area contributed by atoms with Crippen LogP contribution in [0, 0.1) is 0 Å². The molecular weight excluding hydrogens is 380 g/mol. The molecule has 6 heteroatoms. The van der Waals surface area contributed by atoms with Crippen molar-refractivity contribution in [1.29, 1.82) is 0 Å². The molecule has 0 radical (unpaired) electrons. The zero-order valence-electron chi connectivity index (χ0n) is 17.0. The highest BCUT2D eigenvalue weighted by Crippen LogP contribution is 2.37. The second kappa shape index (κ2) is 9.98.